The summed E-state index contributed by atoms with van der Waals surface area (Å²) in [6.45, 7) is 2.67. The molecule has 0 fully saturated rings. The zero-order valence-corrected chi connectivity index (χ0v) is 7.53. The number of rotatable bonds is 2. The van der Waals surface area contributed by atoms with Crippen molar-refractivity contribution in [2.45, 2.75) is 6.92 Å². The van der Waals surface area contributed by atoms with Gasteiger partial charge in [0.15, 0.2) is 8.52 Å². The van der Waals surface area contributed by atoms with Crippen LogP contribution in [-0.2, 0) is 4.52 Å². The fourth-order valence-electron chi connectivity index (χ4n) is 0.329. The summed E-state index contributed by atoms with van der Waals surface area (Å²) in [6.07, 6.45) is 0. The molecule has 1 aliphatic heterocycles. The summed E-state index contributed by atoms with van der Waals surface area (Å²) in [6, 6.07) is 0. The highest BCUT2D eigenvalue weighted by molar-refractivity contribution is 7.63. The van der Waals surface area contributed by atoms with Crippen LogP contribution in [0.4, 0.5) is 0 Å². The molecule has 0 aromatic carbocycles. The van der Waals surface area contributed by atoms with E-state index in [1.165, 1.54) is 0 Å². The maximum atomic E-state index is 5.20. The number of nitrogens with one attached hydrogen (secondary N) is 1. The number of nitrogens with zero attached hydrogens (tertiary/aromatic N) is 2. The zero-order valence-electron chi connectivity index (χ0n) is 4.85. The molecule has 50 valence electrons. The van der Waals surface area contributed by atoms with Crippen molar-refractivity contribution in [1.29, 1.82) is 0 Å². The van der Waals surface area contributed by atoms with E-state index in [4.69, 9.17) is 4.52 Å². The van der Waals surface area contributed by atoms with Gasteiger partial charge in [-0.15, -0.1) is 0 Å². The van der Waals surface area contributed by atoms with Crippen LogP contribution in [0.1, 0.15) is 6.92 Å². The van der Waals surface area contributed by atoms with E-state index < -0.39 is 8.45 Å². The monoisotopic (exact) mass is 181 g/mol. The summed E-state index contributed by atoms with van der Waals surface area (Å²) in [5, 5.41) is 0. The molecule has 0 bridgehead atoms. The topological polar surface area (TPSA) is 46.0 Å². The van der Waals surface area contributed by atoms with Crippen LogP contribution in [-0.4, -0.2) is 6.61 Å². The first-order valence-corrected chi connectivity index (χ1v) is 5.29. The van der Waals surface area contributed by atoms with Gasteiger partial charge in [-0.1, -0.05) is 0 Å². The van der Waals surface area contributed by atoms with Crippen molar-refractivity contribution in [2.24, 2.45) is 9.03 Å². The third-order valence-corrected chi connectivity index (χ3v) is 3.78. The maximum Gasteiger partial charge on any atom is 0.250 e. The van der Waals surface area contributed by atoms with Crippen LogP contribution >= 0.6 is 25.5 Å². The zero-order chi connectivity index (χ0) is 6.53. The molecular formula is C2H6N3OP3. The Bertz CT molecular complexity index is 137. The van der Waals surface area contributed by atoms with Gasteiger partial charge in [-0.3, -0.25) is 0 Å². The van der Waals surface area contributed by atoms with Gasteiger partial charge in [-0.2, -0.15) is 13.9 Å². The van der Waals surface area contributed by atoms with E-state index in [9.17, 15) is 0 Å². The molecule has 0 aromatic heterocycles. The van der Waals surface area contributed by atoms with Crippen molar-refractivity contribution in [3.05, 3.63) is 0 Å². The Morgan fingerprint density at radius 2 is 2.67 bits per heavy atom. The van der Waals surface area contributed by atoms with E-state index in [1.807, 2.05) is 6.92 Å². The normalized spacial score (nSPS) is 28.3. The fourth-order valence-corrected chi connectivity index (χ4v) is 3.27. The molecule has 0 amide bonds. The molecule has 0 saturated heterocycles. The van der Waals surface area contributed by atoms with Crippen LogP contribution in [0.3, 0.4) is 0 Å². The van der Waals surface area contributed by atoms with Gasteiger partial charge in [0.05, 0.1) is 6.61 Å². The van der Waals surface area contributed by atoms with E-state index >= 15 is 0 Å². The second-order valence-corrected chi connectivity index (χ2v) is 4.57. The lowest BCUT2D eigenvalue weighted by Gasteiger charge is -2.08. The number of hydrogen-bond donors (Lipinski definition) is 1. The van der Waals surface area contributed by atoms with Gasteiger partial charge >= 0.3 is 0 Å². The highest BCUT2D eigenvalue weighted by Gasteiger charge is 2.05. The average molecular weight is 181 g/mol. The summed E-state index contributed by atoms with van der Waals surface area (Å²) in [5.74, 6) is 0. The van der Waals surface area contributed by atoms with Crippen molar-refractivity contribution in [3.8, 4) is 0 Å². The standard InChI is InChI=1S/C2H6N3OP3/c1-2-6-9-4-7-3-8-5-9/h2H2,1H3,(H,3,4,5). The largest absolute Gasteiger partial charge is 0.326 e. The molecule has 9 heavy (non-hydrogen) atoms. The molecule has 1 unspecified atom stereocenters. The second-order valence-electron chi connectivity index (χ2n) is 1.16. The maximum absolute atomic E-state index is 5.20. The molecule has 0 aromatic rings. The van der Waals surface area contributed by atoms with Crippen molar-refractivity contribution < 1.29 is 4.52 Å². The van der Waals surface area contributed by atoms with Gasteiger partial charge in [0.2, 0.25) is 8.45 Å². The molecule has 0 saturated carbocycles. The SMILES string of the molecule is CCOP1N=PN=PN1. The lowest BCUT2D eigenvalue weighted by Crippen LogP contribution is -1.92. The Kier molecular flexibility index (Phi) is 3.72. The predicted molar refractivity (Wildman–Crippen MR) is 40.4 cm³/mol. The minimum Gasteiger partial charge on any atom is -0.326 e. The van der Waals surface area contributed by atoms with Gasteiger partial charge in [-0.25, -0.2) is 0 Å². The van der Waals surface area contributed by atoms with Crippen LogP contribution in [0.25, 0.3) is 0 Å². The van der Waals surface area contributed by atoms with Crippen molar-refractivity contribution >= 4 is 25.5 Å². The first-order chi connectivity index (χ1) is 4.43. The van der Waals surface area contributed by atoms with Crippen molar-refractivity contribution in [2.75, 3.05) is 6.61 Å². The highest BCUT2D eigenvalue weighted by atomic mass is 31.2. The molecule has 0 aliphatic carbocycles. The Hall–Kier alpha value is 0.550. The Labute approximate surface area is 58.2 Å². The van der Waals surface area contributed by atoms with Crippen LogP contribution in [0.2, 0.25) is 0 Å². The van der Waals surface area contributed by atoms with Crippen LogP contribution in [0, 0.1) is 0 Å². The van der Waals surface area contributed by atoms with E-state index in [1.54, 1.807) is 0 Å². The van der Waals surface area contributed by atoms with Gasteiger partial charge in [-0.05, 0) is 6.92 Å². The highest BCUT2D eigenvalue weighted by Crippen LogP contribution is 2.43. The van der Waals surface area contributed by atoms with Gasteiger partial charge in [0.1, 0.15) is 8.52 Å². The minimum absolute atomic E-state index is 0.715. The minimum atomic E-state index is -0.715. The molecular weight excluding hydrogens is 175 g/mol. The Morgan fingerprint density at radius 1 is 1.78 bits per heavy atom. The quantitative estimate of drug-likeness (QED) is 0.665. The van der Waals surface area contributed by atoms with Crippen molar-refractivity contribution in [3.63, 3.8) is 0 Å². The summed E-state index contributed by atoms with van der Waals surface area (Å²) in [7, 11) is 0.971. The van der Waals surface area contributed by atoms with E-state index in [-0.39, 0.29) is 0 Å². The molecule has 1 atom stereocenters. The van der Waals surface area contributed by atoms with Crippen LogP contribution in [0.5, 0.6) is 0 Å². The van der Waals surface area contributed by atoms with E-state index in [0.29, 0.717) is 6.61 Å². The molecule has 1 N–H and O–H groups in total. The molecule has 7 heteroatoms. The van der Waals surface area contributed by atoms with E-state index in [0.717, 1.165) is 17.0 Å². The lowest BCUT2D eigenvalue weighted by molar-refractivity contribution is 0.377. The Balaban J connectivity index is 2.28. The molecule has 4 nitrogen and oxygen atoms in total. The first kappa shape index (κ1) is 7.65. The molecule has 0 radical (unpaired) electrons. The van der Waals surface area contributed by atoms with E-state index in [2.05, 4.69) is 13.9 Å². The third kappa shape index (κ3) is 2.75. The summed E-state index contributed by atoms with van der Waals surface area (Å²) >= 11 is 0. The summed E-state index contributed by atoms with van der Waals surface area (Å²) in [5.41, 5.74) is 0. The van der Waals surface area contributed by atoms with Gasteiger partial charge in [0, 0.05) is 0 Å². The Morgan fingerprint density at radius 3 is 3.22 bits per heavy atom. The molecule has 0 spiro atoms. The number of hydrogen-bond acceptors (Lipinski definition) is 4. The molecule has 1 rings (SSSR count). The van der Waals surface area contributed by atoms with Crippen molar-refractivity contribution in [1.82, 2.24) is 4.86 Å². The summed E-state index contributed by atoms with van der Waals surface area (Å²) in [4.78, 5) is 2.99. The fraction of sp³-hybridized carbons (Fsp3) is 1.00. The smallest absolute Gasteiger partial charge is 0.250 e. The third-order valence-electron chi connectivity index (χ3n) is 0.588. The van der Waals surface area contributed by atoms with Crippen LogP contribution in [0.15, 0.2) is 9.03 Å². The summed E-state index contributed by atoms with van der Waals surface area (Å²) < 4.78 is 13.2. The first-order valence-electron chi connectivity index (χ1n) is 2.43. The second kappa shape index (κ2) is 4.38. The van der Waals surface area contributed by atoms with Crippen LogP contribution < -0.4 is 4.86 Å². The predicted octanol–water partition coefficient (Wildman–Crippen LogP) is 2.94. The molecule has 1 heterocycles. The lowest BCUT2D eigenvalue weighted by atomic mass is 10.9. The average Bonchev–Trinajstić information content (AvgIpc) is 1.91. The van der Waals surface area contributed by atoms with Gasteiger partial charge < -0.3 is 4.52 Å². The molecule has 1 aliphatic rings. The van der Waals surface area contributed by atoms with Gasteiger partial charge in [0.25, 0.3) is 0 Å².